The number of nitrogens with one attached hydrogen (secondary N) is 1. The second kappa shape index (κ2) is 5.62. The highest BCUT2D eigenvalue weighted by Crippen LogP contribution is 2.17. The van der Waals surface area contributed by atoms with Gasteiger partial charge in [0.2, 0.25) is 5.91 Å². The molecule has 20 heavy (non-hydrogen) atoms. The summed E-state index contributed by atoms with van der Waals surface area (Å²) in [5.74, 6) is -0.526. The number of nitrogens with two attached hydrogens (primary N) is 1. The fourth-order valence-corrected chi connectivity index (χ4v) is 4.02. The topological polar surface area (TPSA) is 106 Å². The van der Waals surface area contributed by atoms with Crippen LogP contribution in [0.15, 0.2) is 24.3 Å². The molecule has 1 atom stereocenters. The Kier molecular flexibility index (Phi) is 4.08. The molecule has 0 spiro atoms. The highest BCUT2D eigenvalue weighted by atomic mass is 32.2. The lowest BCUT2D eigenvalue weighted by Crippen LogP contribution is -2.29. The summed E-state index contributed by atoms with van der Waals surface area (Å²) in [5.41, 5.74) is 5.86. The second-order valence-electron chi connectivity index (χ2n) is 4.92. The minimum atomic E-state index is -2.93. The van der Waals surface area contributed by atoms with Crippen LogP contribution in [-0.4, -0.2) is 38.3 Å². The van der Waals surface area contributed by atoms with E-state index in [9.17, 15) is 18.0 Å². The summed E-state index contributed by atoms with van der Waals surface area (Å²) in [7, 11) is -2.93. The van der Waals surface area contributed by atoms with Crippen LogP contribution in [0.3, 0.4) is 0 Å². The molecule has 3 N–H and O–H groups in total. The summed E-state index contributed by atoms with van der Waals surface area (Å²) in [4.78, 5) is 22.8. The van der Waals surface area contributed by atoms with E-state index in [4.69, 9.17) is 5.73 Å². The third-order valence-electron chi connectivity index (χ3n) is 3.31. The maximum Gasteiger partial charge on any atom is 0.251 e. The van der Waals surface area contributed by atoms with Crippen LogP contribution in [-0.2, 0) is 9.84 Å². The molecule has 2 rings (SSSR count). The van der Waals surface area contributed by atoms with E-state index in [1.807, 2.05) is 0 Å². The number of benzene rings is 1. The summed E-state index contributed by atoms with van der Waals surface area (Å²) < 4.78 is 22.6. The van der Waals surface area contributed by atoms with Crippen LogP contribution in [0.5, 0.6) is 0 Å². The Bertz CT molecular complexity index is 622. The van der Waals surface area contributed by atoms with Crippen LogP contribution in [0.2, 0.25) is 0 Å². The Morgan fingerprint density at radius 3 is 2.30 bits per heavy atom. The minimum absolute atomic E-state index is 0.0196. The third-order valence-corrected chi connectivity index (χ3v) is 5.15. The lowest BCUT2D eigenvalue weighted by atomic mass is 10.1. The molecule has 2 amide bonds. The van der Waals surface area contributed by atoms with Crippen molar-refractivity contribution in [3.63, 3.8) is 0 Å². The first-order valence-corrected chi connectivity index (χ1v) is 8.08. The normalized spacial score (nSPS) is 20.5. The first-order valence-electron chi connectivity index (χ1n) is 6.26. The molecule has 1 saturated heterocycles. The fourth-order valence-electron chi connectivity index (χ4n) is 2.16. The summed E-state index contributed by atoms with van der Waals surface area (Å²) in [6.45, 7) is 0.343. The van der Waals surface area contributed by atoms with Crippen molar-refractivity contribution in [2.24, 2.45) is 11.7 Å². The predicted molar refractivity (Wildman–Crippen MR) is 74.1 cm³/mol. The summed E-state index contributed by atoms with van der Waals surface area (Å²) >= 11 is 0. The van der Waals surface area contributed by atoms with E-state index in [0.717, 1.165) is 0 Å². The summed E-state index contributed by atoms with van der Waals surface area (Å²) in [6, 6.07) is 6.00. The molecule has 108 valence electrons. The zero-order valence-corrected chi connectivity index (χ0v) is 11.7. The average Bonchev–Trinajstić information content (AvgIpc) is 2.75. The maximum atomic E-state index is 11.9. The Morgan fingerprint density at radius 2 is 1.80 bits per heavy atom. The van der Waals surface area contributed by atoms with E-state index in [2.05, 4.69) is 5.32 Å². The van der Waals surface area contributed by atoms with Gasteiger partial charge in [0.05, 0.1) is 11.5 Å². The van der Waals surface area contributed by atoms with Crippen LogP contribution >= 0.6 is 0 Å². The molecule has 1 aliphatic heterocycles. The van der Waals surface area contributed by atoms with Gasteiger partial charge in [-0.2, -0.15) is 0 Å². The number of rotatable bonds is 4. The molecule has 0 aromatic heterocycles. The van der Waals surface area contributed by atoms with Crippen molar-refractivity contribution in [1.82, 2.24) is 5.32 Å². The van der Waals surface area contributed by atoms with Crippen molar-refractivity contribution >= 4 is 21.7 Å². The van der Waals surface area contributed by atoms with Crippen LogP contribution in [0.4, 0.5) is 0 Å². The van der Waals surface area contributed by atoms with E-state index in [1.54, 1.807) is 0 Å². The van der Waals surface area contributed by atoms with Gasteiger partial charge in [-0.25, -0.2) is 8.42 Å². The SMILES string of the molecule is NC(=O)c1ccc(C(=O)NC[C@H]2CCS(=O)(=O)C2)cc1. The summed E-state index contributed by atoms with van der Waals surface area (Å²) in [6.07, 6.45) is 0.587. The van der Waals surface area contributed by atoms with Gasteiger partial charge in [-0.15, -0.1) is 0 Å². The molecule has 1 aromatic carbocycles. The molecular weight excluding hydrogens is 280 g/mol. The van der Waals surface area contributed by atoms with Crippen LogP contribution in [0.25, 0.3) is 0 Å². The first-order chi connectivity index (χ1) is 9.37. The summed E-state index contributed by atoms with van der Waals surface area (Å²) in [5, 5.41) is 2.71. The van der Waals surface area contributed by atoms with Crippen molar-refractivity contribution in [3.05, 3.63) is 35.4 Å². The third kappa shape index (κ3) is 3.57. The van der Waals surface area contributed by atoms with Gasteiger partial charge in [0.25, 0.3) is 5.91 Å². The van der Waals surface area contributed by atoms with Gasteiger partial charge in [0.15, 0.2) is 9.84 Å². The number of hydrogen-bond acceptors (Lipinski definition) is 4. The number of primary amides is 1. The molecule has 0 saturated carbocycles. The predicted octanol–water partition coefficient (Wildman–Crippen LogP) is -0.0500. The van der Waals surface area contributed by atoms with Gasteiger partial charge in [-0.1, -0.05) is 0 Å². The number of carbonyl (C=O) groups excluding carboxylic acids is 2. The molecule has 1 aromatic rings. The molecule has 1 aliphatic rings. The quantitative estimate of drug-likeness (QED) is 0.812. The van der Waals surface area contributed by atoms with Crippen LogP contribution < -0.4 is 11.1 Å². The van der Waals surface area contributed by atoms with Crippen molar-refractivity contribution in [3.8, 4) is 0 Å². The number of amides is 2. The molecule has 0 bridgehead atoms. The van der Waals surface area contributed by atoms with E-state index < -0.39 is 15.7 Å². The van der Waals surface area contributed by atoms with E-state index in [-0.39, 0.29) is 23.3 Å². The molecule has 6 nitrogen and oxygen atoms in total. The van der Waals surface area contributed by atoms with E-state index in [0.29, 0.717) is 24.1 Å². The molecular formula is C13H16N2O4S. The molecule has 1 heterocycles. The van der Waals surface area contributed by atoms with Gasteiger partial charge in [0, 0.05) is 17.7 Å². The van der Waals surface area contributed by atoms with Gasteiger partial charge >= 0.3 is 0 Å². The highest BCUT2D eigenvalue weighted by molar-refractivity contribution is 7.91. The Hall–Kier alpha value is -1.89. The first kappa shape index (κ1) is 14.5. The van der Waals surface area contributed by atoms with E-state index in [1.165, 1.54) is 24.3 Å². The van der Waals surface area contributed by atoms with Crippen molar-refractivity contribution in [2.75, 3.05) is 18.1 Å². The highest BCUT2D eigenvalue weighted by Gasteiger charge is 2.27. The maximum absolute atomic E-state index is 11.9. The molecule has 1 fully saturated rings. The zero-order valence-electron chi connectivity index (χ0n) is 10.8. The Labute approximate surface area is 117 Å². The lowest BCUT2D eigenvalue weighted by molar-refractivity contribution is 0.0946. The van der Waals surface area contributed by atoms with Gasteiger partial charge in [-0.05, 0) is 36.6 Å². The molecule has 7 heteroatoms. The monoisotopic (exact) mass is 296 g/mol. The molecule has 0 unspecified atom stereocenters. The Balaban J connectivity index is 1.90. The van der Waals surface area contributed by atoms with E-state index >= 15 is 0 Å². The lowest BCUT2D eigenvalue weighted by Gasteiger charge is -2.09. The largest absolute Gasteiger partial charge is 0.366 e. The van der Waals surface area contributed by atoms with Crippen molar-refractivity contribution < 1.29 is 18.0 Å². The molecule has 0 aliphatic carbocycles. The standard InChI is InChI=1S/C13H16N2O4S/c14-12(16)10-1-3-11(4-2-10)13(17)15-7-9-5-6-20(18,19)8-9/h1-4,9H,5-8H2,(H2,14,16)(H,15,17)/t9-/m1/s1. The van der Waals surface area contributed by atoms with Gasteiger partial charge in [0.1, 0.15) is 0 Å². The molecule has 0 radical (unpaired) electrons. The Morgan fingerprint density at radius 1 is 1.20 bits per heavy atom. The average molecular weight is 296 g/mol. The number of hydrogen-bond donors (Lipinski definition) is 2. The zero-order chi connectivity index (χ0) is 14.8. The second-order valence-corrected chi connectivity index (χ2v) is 7.15. The fraction of sp³-hybridized carbons (Fsp3) is 0.385. The van der Waals surface area contributed by atoms with Crippen molar-refractivity contribution in [1.29, 1.82) is 0 Å². The van der Waals surface area contributed by atoms with Crippen LogP contribution in [0.1, 0.15) is 27.1 Å². The number of sulfone groups is 1. The minimum Gasteiger partial charge on any atom is -0.366 e. The van der Waals surface area contributed by atoms with Crippen molar-refractivity contribution in [2.45, 2.75) is 6.42 Å². The van der Waals surface area contributed by atoms with Crippen LogP contribution in [0, 0.1) is 5.92 Å². The van der Waals surface area contributed by atoms with Gasteiger partial charge in [-0.3, -0.25) is 9.59 Å². The smallest absolute Gasteiger partial charge is 0.251 e. The van der Waals surface area contributed by atoms with Gasteiger partial charge < -0.3 is 11.1 Å². The number of carbonyl (C=O) groups is 2.